The summed E-state index contributed by atoms with van der Waals surface area (Å²) in [6.45, 7) is 1.75. The molecule has 1 saturated carbocycles. The Morgan fingerprint density at radius 2 is 1.86 bits per heavy atom. The van der Waals surface area contributed by atoms with Crippen LogP contribution >= 0.6 is 0 Å². The van der Waals surface area contributed by atoms with Crippen molar-refractivity contribution in [2.75, 3.05) is 23.3 Å². The summed E-state index contributed by atoms with van der Waals surface area (Å²) in [6, 6.07) is 4.74. The predicted octanol–water partition coefficient (Wildman–Crippen LogP) is 2.67. The minimum Gasteiger partial charge on any atom is -0.380 e. The number of carbonyl (C=O) groups excluding carboxylic acids is 1. The molecule has 0 radical (unpaired) electrons. The van der Waals surface area contributed by atoms with E-state index in [-0.39, 0.29) is 5.82 Å². The smallest absolute Gasteiger partial charge is 0.256 e. The zero-order chi connectivity index (χ0) is 14.9. The Kier molecular flexibility index (Phi) is 3.85. The molecule has 1 heterocycles. The van der Waals surface area contributed by atoms with Crippen LogP contribution < -0.4 is 10.2 Å². The molecule has 1 aromatic rings. The largest absolute Gasteiger partial charge is 0.380 e. The zero-order valence-corrected chi connectivity index (χ0v) is 12.1. The molecule has 5 heteroatoms. The van der Waals surface area contributed by atoms with Gasteiger partial charge in [0.05, 0.1) is 5.69 Å². The van der Waals surface area contributed by atoms with Gasteiger partial charge in [0.2, 0.25) is 0 Å². The highest BCUT2D eigenvalue weighted by molar-refractivity contribution is 5.97. The second-order valence-corrected chi connectivity index (χ2v) is 6.05. The number of nitrogens with zero attached hydrogens (tertiary/aromatic N) is 1. The Morgan fingerprint density at radius 1 is 1.19 bits per heavy atom. The molecule has 21 heavy (non-hydrogen) atoms. The number of halogens is 1. The number of hydrogen-bond acceptors (Lipinski definition) is 3. The summed E-state index contributed by atoms with van der Waals surface area (Å²) in [7, 11) is 0. The van der Waals surface area contributed by atoms with E-state index in [0.29, 0.717) is 24.2 Å². The number of anilines is 2. The van der Waals surface area contributed by atoms with Crippen molar-refractivity contribution in [2.24, 2.45) is 0 Å². The topological polar surface area (TPSA) is 52.6 Å². The van der Waals surface area contributed by atoms with Crippen molar-refractivity contribution in [1.82, 2.24) is 0 Å². The fraction of sp³-hybridized carbons (Fsp3) is 0.562. The van der Waals surface area contributed by atoms with Crippen LogP contribution in [0.3, 0.4) is 0 Å². The van der Waals surface area contributed by atoms with Gasteiger partial charge in [-0.3, -0.25) is 4.79 Å². The van der Waals surface area contributed by atoms with Gasteiger partial charge in [0.15, 0.2) is 0 Å². The SMILES string of the molecule is O=C(Nc1ccc(N2CCCC2)c(F)c1)C1(O)CCCC1. The van der Waals surface area contributed by atoms with E-state index in [4.69, 9.17) is 0 Å². The molecule has 2 aliphatic rings. The second kappa shape index (κ2) is 5.64. The van der Waals surface area contributed by atoms with E-state index in [2.05, 4.69) is 5.32 Å². The fourth-order valence-corrected chi connectivity index (χ4v) is 3.23. The maximum absolute atomic E-state index is 14.2. The molecule has 0 bridgehead atoms. The van der Waals surface area contributed by atoms with E-state index in [1.807, 2.05) is 4.90 Å². The summed E-state index contributed by atoms with van der Waals surface area (Å²) in [6.07, 6.45) is 4.84. The Bertz CT molecular complexity index is 535. The van der Waals surface area contributed by atoms with Gasteiger partial charge in [0.1, 0.15) is 11.4 Å². The van der Waals surface area contributed by atoms with E-state index in [1.165, 1.54) is 6.07 Å². The third-order valence-corrected chi connectivity index (χ3v) is 4.51. The van der Waals surface area contributed by atoms with Crippen LogP contribution in [-0.4, -0.2) is 29.7 Å². The Hall–Kier alpha value is -1.62. The van der Waals surface area contributed by atoms with Gasteiger partial charge in [-0.2, -0.15) is 0 Å². The van der Waals surface area contributed by atoms with Gasteiger partial charge in [0.25, 0.3) is 5.91 Å². The highest BCUT2D eigenvalue weighted by Crippen LogP contribution is 2.31. The first-order valence-electron chi connectivity index (χ1n) is 7.67. The van der Waals surface area contributed by atoms with Gasteiger partial charge in [-0.15, -0.1) is 0 Å². The van der Waals surface area contributed by atoms with Crippen molar-refractivity contribution in [1.29, 1.82) is 0 Å². The molecule has 1 aliphatic carbocycles. The van der Waals surface area contributed by atoms with Crippen LogP contribution in [0.4, 0.5) is 15.8 Å². The summed E-state index contributed by atoms with van der Waals surface area (Å²) in [4.78, 5) is 14.1. The van der Waals surface area contributed by atoms with Crippen molar-refractivity contribution < 1.29 is 14.3 Å². The van der Waals surface area contributed by atoms with Gasteiger partial charge in [-0.25, -0.2) is 4.39 Å². The molecular formula is C16H21FN2O2. The molecule has 2 fully saturated rings. The van der Waals surface area contributed by atoms with Gasteiger partial charge in [-0.05, 0) is 56.7 Å². The van der Waals surface area contributed by atoms with Crippen molar-refractivity contribution in [3.63, 3.8) is 0 Å². The number of carbonyl (C=O) groups is 1. The first kappa shape index (κ1) is 14.3. The van der Waals surface area contributed by atoms with E-state index in [9.17, 15) is 14.3 Å². The third kappa shape index (κ3) is 2.88. The van der Waals surface area contributed by atoms with Crippen molar-refractivity contribution >= 4 is 17.3 Å². The molecule has 1 amide bonds. The van der Waals surface area contributed by atoms with Crippen LogP contribution in [-0.2, 0) is 4.79 Å². The summed E-state index contributed by atoms with van der Waals surface area (Å²) in [5.74, 6) is -0.749. The number of nitrogens with one attached hydrogen (secondary N) is 1. The van der Waals surface area contributed by atoms with Gasteiger partial charge < -0.3 is 15.3 Å². The fourth-order valence-electron chi connectivity index (χ4n) is 3.23. The summed E-state index contributed by atoms with van der Waals surface area (Å²) < 4.78 is 14.2. The zero-order valence-electron chi connectivity index (χ0n) is 12.1. The van der Waals surface area contributed by atoms with Gasteiger partial charge in [0, 0.05) is 18.8 Å². The van der Waals surface area contributed by atoms with E-state index >= 15 is 0 Å². The van der Waals surface area contributed by atoms with Crippen LogP contribution in [0.25, 0.3) is 0 Å². The highest BCUT2D eigenvalue weighted by Gasteiger charge is 2.38. The Morgan fingerprint density at radius 3 is 2.48 bits per heavy atom. The van der Waals surface area contributed by atoms with Crippen molar-refractivity contribution in [3.8, 4) is 0 Å². The lowest BCUT2D eigenvalue weighted by Crippen LogP contribution is -2.40. The predicted molar refractivity (Wildman–Crippen MR) is 79.9 cm³/mol. The van der Waals surface area contributed by atoms with Gasteiger partial charge >= 0.3 is 0 Å². The number of hydrogen-bond donors (Lipinski definition) is 2. The van der Waals surface area contributed by atoms with E-state index < -0.39 is 11.5 Å². The van der Waals surface area contributed by atoms with Crippen molar-refractivity contribution in [2.45, 2.75) is 44.1 Å². The maximum atomic E-state index is 14.2. The van der Waals surface area contributed by atoms with Crippen molar-refractivity contribution in [3.05, 3.63) is 24.0 Å². The standard InChI is InChI=1S/C16H21FN2O2/c17-13-11-12(5-6-14(13)19-9-3-4-10-19)18-15(20)16(21)7-1-2-8-16/h5-6,11,21H,1-4,7-10H2,(H,18,20). The molecule has 0 aromatic heterocycles. The summed E-state index contributed by atoms with van der Waals surface area (Å²) in [5, 5.41) is 12.8. The average Bonchev–Trinajstić information content (AvgIpc) is 3.11. The molecule has 0 unspecified atom stereocenters. The minimum absolute atomic E-state index is 0.326. The number of benzene rings is 1. The Labute approximate surface area is 124 Å². The maximum Gasteiger partial charge on any atom is 0.256 e. The van der Waals surface area contributed by atoms with Crippen LogP contribution in [0, 0.1) is 5.82 Å². The first-order chi connectivity index (χ1) is 10.1. The van der Waals surface area contributed by atoms with Crippen LogP contribution in [0.5, 0.6) is 0 Å². The first-order valence-corrected chi connectivity index (χ1v) is 7.67. The number of aliphatic hydroxyl groups is 1. The quantitative estimate of drug-likeness (QED) is 0.900. The number of rotatable bonds is 3. The average molecular weight is 292 g/mol. The summed E-state index contributed by atoms with van der Waals surface area (Å²) >= 11 is 0. The monoisotopic (exact) mass is 292 g/mol. The minimum atomic E-state index is -1.29. The molecule has 1 aromatic carbocycles. The molecular weight excluding hydrogens is 271 g/mol. The van der Waals surface area contributed by atoms with E-state index in [1.54, 1.807) is 12.1 Å². The molecule has 0 atom stereocenters. The molecule has 2 N–H and O–H groups in total. The molecule has 3 rings (SSSR count). The lowest BCUT2D eigenvalue weighted by molar-refractivity contribution is -0.133. The normalized spacial score (nSPS) is 20.8. The van der Waals surface area contributed by atoms with E-state index in [0.717, 1.165) is 38.8 Å². The summed E-state index contributed by atoms with van der Waals surface area (Å²) in [5.41, 5.74) is -0.296. The van der Waals surface area contributed by atoms with Crippen LogP contribution in [0.1, 0.15) is 38.5 Å². The van der Waals surface area contributed by atoms with Crippen LogP contribution in [0.15, 0.2) is 18.2 Å². The van der Waals surface area contributed by atoms with Crippen LogP contribution in [0.2, 0.25) is 0 Å². The van der Waals surface area contributed by atoms with Gasteiger partial charge in [-0.1, -0.05) is 0 Å². The third-order valence-electron chi connectivity index (χ3n) is 4.51. The Balaban J connectivity index is 1.71. The lowest BCUT2D eigenvalue weighted by atomic mass is 10.0. The number of amides is 1. The molecule has 1 saturated heterocycles. The second-order valence-electron chi connectivity index (χ2n) is 6.05. The molecule has 114 valence electrons. The molecule has 1 aliphatic heterocycles. The highest BCUT2D eigenvalue weighted by atomic mass is 19.1. The molecule has 0 spiro atoms. The lowest BCUT2D eigenvalue weighted by Gasteiger charge is -2.22. The molecule has 4 nitrogen and oxygen atoms in total.